The van der Waals surface area contributed by atoms with E-state index in [1.165, 1.54) is 10.9 Å². The van der Waals surface area contributed by atoms with Crippen LogP contribution in [0.15, 0.2) is 24.5 Å². The molecule has 7 nitrogen and oxygen atoms in total. The molecule has 0 aliphatic rings. The lowest BCUT2D eigenvalue weighted by Gasteiger charge is -2.00. The van der Waals surface area contributed by atoms with Crippen LogP contribution in [0.5, 0.6) is 0 Å². The minimum atomic E-state index is -1.24. The number of carbonyl (C=O) groups is 2. The Balaban J connectivity index is 2.49. The predicted octanol–water partition coefficient (Wildman–Crippen LogP) is 1.45. The van der Waals surface area contributed by atoms with Crippen molar-refractivity contribution in [2.75, 3.05) is 6.61 Å². The van der Waals surface area contributed by atoms with Gasteiger partial charge in [0.1, 0.15) is 5.56 Å². The van der Waals surface area contributed by atoms with Crippen molar-refractivity contribution in [3.63, 3.8) is 0 Å². The van der Waals surface area contributed by atoms with Crippen LogP contribution in [0.1, 0.15) is 33.3 Å². The van der Waals surface area contributed by atoms with E-state index in [4.69, 9.17) is 9.84 Å². The van der Waals surface area contributed by atoms with Crippen LogP contribution >= 0.6 is 0 Å². The van der Waals surface area contributed by atoms with Gasteiger partial charge in [0.05, 0.1) is 6.61 Å². The number of ether oxygens (including phenoxy) is 1. The SMILES string of the molecule is CCOC(=O)c1nn(-c2cc(C)ccn2)cc1C(=O)O. The molecule has 0 aromatic carbocycles. The molecule has 0 unspecified atom stereocenters. The van der Waals surface area contributed by atoms with E-state index in [0.29, 0.717) is 5.82 Å². The van der Waals surface area contributed by atoms with Gasteiger partial charge in [-0.1, -0.05) is 0 Å². The number of hydrogen-bond acceptors (Lipinski definition) is 5. The van der Waals surface area contributed by atoms with Crippen molar-refractivity contribution in [1.82, 2.24) is 14.8 Å². The fraction of sp³-hybridized carbons (Fsp3) is 0.231. The van der Waals surface area contributed by atoms with Crippen molar-refractivity contribution >= 4 is 11.9 Å². The van der Waals surface area contributed by atoms with Gasteiger partial charge in [-0.2, -0.15) is 5.10 Å². The molecule has 0 aliphatic heterocycles. The summed E-state index contributed by atoms with van der Waals surface area (Å²) in [7, 11) is 0. The normalized spacial score (nSPS) is 10.3. The summed E-state index contributed by atoms with van der Waals surface area (Å²) in [6, 6.07) is 3.53. The Labute approximate surface area is 114 Å². The average Bonchev–Trinajstić information content (AvgIpc) is 2.84. The summed E-state index contributed by atoms with van der Waals surface area (Å²) in [5.74, 6) is -1.58. The molecule has 20 heavy (non-hydrogen) atoms. The second-order valence-electron chi connectivity index (χ2n) is 4.05. The largest absolute Gasteiger partial charge is 0.478 e. The first kappa shape index (κ1) is 13.7. The molecule has 1 N–H and O–H groups in total. The number of aromatic carboxylic acids is 1. The van der Waals surface area contributed by atoms with Gasteiger partial charge >= 0.3 is 11.9 Å². The number of aryl methyl sites for hydroxylation is 1. The van der Waals surface area contributed by atoms with Crippen LogP contribution in [0.3, 0.4) is 0 Å². The summed E-state index contributed by atoms with van der Waals surface area (Å²) in [6.07, 6.45) is 2.83. The van der Waals surface area contributed by atoms with Crippen molar-refractivity contribution in [2.24, 2.45) is 0 Å². The predicted molar refractivity (Wildman–Crippen MR) is 69.0 cm³/mol. The molecule has 0 spiro atoms. The Hall–Kier alpha value is -2.70. The molecule has 2 aromatic rings. The van der Waals surface area contributed by atoms with Gasteiger partial charge < -0.3 is 9.84 Å². The van der Waals surface area contributed by atoms with E-state index >= 15 is 0 Å². The Bertz CT molecular complexity index is 663. The zero-order valence-corrected chi connectivity index (χ0v) is 11.0. The molecule has 0 fully saturated rings. The molecule has 7 heteroatoms. The van der Waals surface area contributed by atoms with Crippen molar-refractivity contribution in [3.05, 3.63) is 41.3 Å². The number of pyridine rings is 1. The molecule has 104 valence electrons. The van der Waals surface area contributed by atoms with Gasteiger partial charge in [-0.25, -0.2) is 19.3 Å². The number of carboxylic acids is 1. The highest BCUT2D eigenvalue weighted by atomic mass is 16.5. The smallest absolute Gasteiger partial charge is 0.359 e. The monoisotopic (exact) mass is 275 g/mol. The minimum Gasteiger partial charge on any atom is -0.478 e. The number of nitrogens with zero attached hydrogens (tertiary/aromatic N) is 3. The van der Waals surface area contributed by atoms with E-state index in [1.54, 1.807) is 25.3 Å². The maximum atomic E-state index is 11.7. The summed E-state index contributed by atoms with van der Waals surface area (Å²) < 4.78 is 6.05. The lowest BCUT2D eigenvalue weighted by Crippen LogP contribution is -2.11. The molecule has 2 heterocycles. The van der Waals surface area contributed by atoms with Crippen LogP contribution < -0.4 is 0 Å². The van der Waals surface area contributed by atoms with E-state index in [0.717, 1.165) is 5.56 Å². The average molecular weight is 275 g/mol. The highest BCUT2D eigenvalue weighted by Gasteiger charge is 2.23. The number of carbonyl (C=O) groups excluding carboxylic acids is 1. The molecule has 0 amide bonds. The third-order valence-corrected chi connectivity index (χ3v) is 2.55. The minimum absolute atomic E-state index is 0.146. The second-order valence-corrected chi connectivity index (χ2v) is 4.05. The Morgan fingerprint density at radius 3 is 2.80 bits per heavy atom. The molecule has 0 saturated heterocycles. The quantitative estimate of drug-likeness (QED) is 0.849. The molecular formula is C13H13N3O4. The standard InChI is InChI=1S/C13H13N3O4/c1-3-20-13(19)11-9(12(17)18)7-16(15-11)10-6-8(2)4-5-14-10/h4-7H,3H2,1-2H3,(H,17,18). The second kappa shape index (κ2) is 5.52. The Morgan fingerprint density at radius 1 is 1.45 bits per heavy atom. The molecule has 0 radical (unpaired) electrons. The van der Waals surface area contributed by atoms with Crippen molar-refractivity contribution < 1.29 is 19.4 Å². The zero-order chi connectivity index (χ0) is 14.7. The van der Waals surface area contributed by atoms with Crippen molar-refractivity contribution in [3.8, 4) is 5.82 Å². The third kappa shape index (κ3) is 2.66. The first-order valence-corrected chi connectivity index (χ1v) is 5.96. The van der Waals surface area contributed by atoms with E-state index in [2.05, 4.69) is 10.1 Å². The van der Waals surface area contributed by atoms with E-state index < -0.39 is 11.9 Å². The Kier molecular flexibility index (Phi) is 3.79. The number of hydrogen-bond donors (Lipinski definition) is 1. The summed E-state index contributed by atoms with van der Waals surface area (Å²) in [4.78, 5) is 26.9. The lowest BCUT2D eigenvalue weighted by atomic mass is 10.2. The zero-order valence-electron chi connectivity index (χ0n) is 11.0. The van der Waals surface area contributed by atoms with Gasteiger partial charge in [-0.3, -0.25) is 0 Å². The molecular weight excluding hydrogens is 262 g/mol. The lowest BCUT2D eigenvalue weighted by molar-refractivity contribution is 0.0507. The number of esters is 1. The number of aromatic nitrogens is 3. The first-order valence-electron chi connectivity index (χ1n) is 5.96. The van der Waals surface area contributed by atoms with Crippen LogP contribution in [0.2, 0.25) is 0 Å². The van der Waals surface area contributed by atoms with Crippen LogP contribution in [-0.4, -0.2) is 38.4 Å². The van der Waals surface area contributed by atoms with Crippen LogP contribution in [0.25, 0.3) is 5.82 Å². The Morgan fingerprint density at radius 2 is 2.20 bits per heavy atom. The number of carboxylic acid groups (broad SMARTS) is 1. The maximum absolute atomic E-state index is 11.7. The highest BCUT2D eigenvalue weighted by molar-refractivity contribution is 6.00. The summed E-state index contributed by atoms with van der Waals surface area (Å²) in [5.41, 5.74) is 0.495. The van der Waals surface area contributed by atoms with Gasteiger partial charge in [0.25, 0.3) is 0 Å². The molecule has 0 saturated carbocycles. The molecule has 0 aliphatic carbocycles. The van der Waals surface area contributed by atoms with Gasteiger partial charge in [0.2, 0.25) is 0 Å². The van der Waals surface area contributed by atoms with Gasteiger partial charge in [-0.05, 0) is 31.5 Å². The summed E-state index contributed by atoms with van der Waals surface area (Å²) in [5, 5.41) is 13.1. The van der Waals surface area contributed by atoms with Crippen LogP contribution in [0.4, 0.5) is 0 Å². The first-order chi connectivity index (χ1) is 9.52. The van der Waals surface area contributed by atoms with Crippen LogP contribution in [0, 0.1) is 6.92 Å². The van der Waals surface area contributed by atoms with E-state index in [9.17, 15) is 9.59 Å². The molecule has 0 atom stereocenters. The molecule has 2 aromatic heterocycles. The summed E-state index contributed by atoms with van der Waals surface area (Å²) in [6.45, 7) is 3.66. The van der Waals surface area contributed by atoms with Gasteiger partial charge in [0.15, 0.2) is 11.5 Å². The summed E-state index contributed by atoms with van der Waals surface area (Å²) >= 11 is 0. The van der Waals surface area contributed by atoms with E-state index in [-0.39, 0.29) is 17.9 Å². The fourth-order valence-electron chi connectivity index (χ4n) is 1.64. The maximum Gasteiger partial charge on any atom is 0.359 e. The van der Waals surface area contributed by atoms with E-state index in [1.807, 2.05) is 6.92 Å². The highest BCUT2D eigenvalue weighted by Crippen LogP contribution is 2.13. The fourth-order valence-corrected chi connectivity index (χ4v) is 1.64. The van der Waals surface area contributed by atoms with Crippen LogP contribution in [-0.2, 0) is 4.74 Å². The third-order valence-electron chi connectivity index (χ3n) is 2.55. The number of rotatable bonds is 4. The van der Waals surface area contributed by atoms with Crippen molar-refractivity contribution in [1.29, 1.82) is 0 Å². The topological polar surface area (TPSA) is 94.3 Å². The molecule has 0 bridgehead atoms. The van der Waals surface area contributed by atoms with Gasteiger partial charge in [-0.15, -0.1) is 0 Å². The molecule has 2 rings (SSSR count). The van der Waals surface area contributed by atoms with Gasteiger partial charge in [0, 0.05) is 12.4 Å². The van der Waals surface area contributed by atoms with Crippen molar-refractivity contribution in [2.45, 2.75) is 13.8 Å².